The number of ether oxygens (including phenoxy) is 1. The molecule has 1 unspecified atom stereocenters. The third-order valence-corrected chi connectivity index (χ3v) is 3.82. The minimum Gasteiger partial charge on any atom is -0.477 e. The van der Waals surface area contributed by atoms with Gasteiger partial charge in [0.25, 0.3) is 0 Å². The van der Waals surface area contributed by atoms with Crippen LogP contribution in [0.2, 0.25) is 0 Å². The summed E-state index contributed by atoms with van der Waals surface area (Å²) in [6.45, 7) is 10.1. The molecular weight excluding hydrogens is 330 g/mol. The molecular formula is C19H22BFN4O. The highest BCUT2D eigenvalue weighted by Crippen LogP contribution is 2.26. The molecule has 0 spiro atoms. The van der Waals surface area contributed by atoms with E-state index in [1.165, 1.54) is 6.92 Å². The number of nitrogens with zero attached hydrogens (tertiary/aromatic N) is 4. The first-order valence-corrected chi connectivity index (χ1v) is 8.46. The summed E-state index contributed by atoms with van der Waals surface area (Å²) in [6, 6.07) is 1.95. The Morgan fingerprint density at radius 1 is 1.12 bits per heavy atom. The topological polar surface area (TPSA) is 52.3 Å². The van der Waals surface area contributed by atoms with E-state index in [-0.39, 0.29) is 11.2 Å². The predicted octanol–water partition coefficient (Wildman–Crippen LogP) is 3.84. The molecule has 0 bridgehead atoms. The number of aryl methyl sites for hydroxylation is 1. The van der Waals surface area contributed by atoms with Crippen LogP contribution in [0.15, 0.2) is 30.9 Å². The first kappa shape index (κ1) is 18.4. The molecule has 7 heteroatoms. The summed E-state index contributed by atoms with van der Waals surface area (Å²) in [5, 5.41) is 0. The molecule has 0 amide bonds. The smallest absolute Gasteiger partial charge is 0.216 e. The Kier molecular flexibility index (Phi) is 4.50. The van der Waals surface area contributed by atoms with E-state index in [1.807, 2.05) is 13.0 Å². The van der Waals surface area contributed by atoms with Gasteiger partial charge in [-0.2, -0.15) is 0 Å². The second-order valence-electron chi connectivity index (χ2n) is 7.92. The van der Waals surface area contributed by atoms with E-state index in [1.54, 1.807) is 29.2 Å². The average Bonchev–Trinajstić information content (AvgIpc) is 2.96. The largest absolute Gasteiger partial charge is 0.477 e. The minimum atomic E-state index is -2.04. The number of alkyl halides is 1. The zero-order valence-electron chi connectivity index (χ0n) is 15.7. The minimum absolute atomic E-state index is 0.0540. The molecule has 1 atom stereocenters. The van der Waals surface area contributed by atoms with Crippen molar-refractivity contribution in [1.82, 2.24) is 19.4 Å². The van der Waals surface area contributed by atoms with Crippen LogP contribution in [0.4, 0.5) is 4.39 Å². The van der Waals surface area contributed by atoms with Crippen molar-refractivity contribution in [3.05, 3.63) is 42.2 Å². The fourth-order valence-electron chi connectivity index (χ4n) is 2.55. The maximum absolute atomic E-state index is 14.2. The van der Waals surface area contributed by atoms with Crippen LogP contribution in [0.3, 0.4) is 0 Å². The van der Waals surface area contributed by atoms with Crippen LogP contribution in [-0.4, -0.2) is 33.8 Å². The van der Waals surface area contributed by atoms with Crippen LogP contribution in [-0.2, 0) is 5.57 Å². The molecule has 0 aliphatic rings. The summed E-state index contributed by atoms with van der Waals surface area (Å²) in [6.07, 6.45) is 6.60. The van der Waals surface area contributed by atoms with E-state index in [0.29, 0.717) is 23.7 Å². The van der Waals surface area contributed by atoms with Gasteiger partial charge in [-0.15, -0.1) is 0 Å². The van der Waals surface area contributed by atoms with E-state index in [2.05, 4.69) is 35.7 Å². The average molecular weight is 352 g/mol. The Morgan fingerprint density at radius 3 is 2.42 bits per heavy atom. The highest BCUT2D eigenvalue weighted by molar-refractivity contribution is 6.14. The van der Waals surface area contributed by atoms with E-state index in [0.717, 1.165) is 11.1 Å². The summed E-state index contributed by atoms with van der Waals surface area (Å²) in [4.78, 5) is 12.9. The van der Waals surface area contributed by atoms with Crippen molar-refractivity contribution in [2.75, 3.05) is 6.61 Å². The number of hydrogen-bond acceptors (Lipinski definition) is 4. The fraction of sp³-hybridized carbons (Fsp3) is 0.421. The van der Waals surface area contributed by atoms with E-state index >= 15 is 0 Å². The molecule has 0 N–H and O–H groups in total. The van der Waals surface area contributed by atoms with E-state index < -0.39 is 5.57 Å². The maximum atomic E-state index is 14.2. The highest BCUT2D eigenvalue weighted by atomic mass is 19.1. The van der Waals surface area contributed by atoms with Gasteiger partial charge in [0.15, 0.2) is 0 Å². The molecule has 0 aliphatic carbocycles. The Labute approximate surface area is 154 Å². The third kappa shape index (κ3) is 3.87. The van der Waals surface area contributed by atoms with E-state index in [9.17, 15) is 4.39 Å². The lowest BCUT2D eigenvalue weighted by Crippen LogP contribution is -2.19. The van der Waals surface area contributed by atoms with Crippen LogP contribution in [0.1, 0.15) is 39.1 Å². The molecule has 5 nitrogen and oxygen atoms in total. The Hall–Kier alpha value is -2.44. The predicted molar refractivity (Wildman–Crippen MR) is 100 cm³/mol. The number of halogens is 1. The van der Waals surface area contributed by atoms with Crippen LogP contribution in [0.5, 0.6) is 5.88 Å². The molecule has 0 saturated heterocycles. The number of imidazole rings is 1. The van der Waals surface area contributed by atoms with Crippen molar-refractivity contribution >= 4 is 13.4 Å². The van der Waals surface area contributed by atoms with Gasteiger partial charge >= 0.3 is 0 Å². The van der Waals surface area contributed by atoms with Gasteiger partial charge in [0.1, 0.15) is 19.2 Å². The molecule has 0 aliphatic heterocycles. The van der Waals surface area contributed by atoms with Crippen LogP contribution in [0.25, 0.3) is 16.8 Å². The van der Waals surface area contributed by atoms with Gasteiger partial charge in [-0.25, -0.2) is 14.4 Å². The Morgan fingerprint density at radius 2 is 1.81 bits per heavy atom. The summed E-state index contributed by atoms with van der Waals surface area (Å²) < 4.78 is 21.6. The van der Waals surface area contributed by atoms with Crippen molar-refractivity contribution in [3.63, 3.8) is 0 Å². The molecule has 3 heterocycles. The van der Waals surface area contributed by atoms with Gasteiger partial charge in [0, 0.05) is 23.5 Å². The first-order chi connectivity index (χ1) is 12.0. The standard InChI is InChI=1S/C19H22BFN4O/c1-12-6-13(7-23-16(12)26-11-18(2,3)4)15-10-25-14(8-22-15)9-24-17(25)19(5,20)21/h6-10H,11H2,1-5H3. The zero-order chi connectivity index (χ0) is 19.1. The Bertz CT molecular complexity index is 941. The highest BCUT2D eigenvalue weighted by Gasteiger charge is 2.24. The van der Waals surface area contributed by atoms with Gasteiger partial charge in [0.05, 0.1) is 30.2 Å². The van der Waals surface area contributed by atoms with Crippen molar-refractivity contribution in [3.8, 4) is 17.1 Å². The number of hydrogen-bond donors (Lipinski definition) is 0. The van der Waals surface area contributed by atoms with Crippen LogP contribution >= 0.6 is 0 Å². The molecule has 2 radical (unpaired) electrons. The monoisotopic (exact) mass is 352 g/mol. The van der Waals surface area contributed by atoms with Crippen molar-refractivity contribution in [2.45, 2.75) is 40.2 Å². The lowest BCUT2D eigenvalue weighted by molar-refractivity contribution is 0.190. The third-order valence-electron chi connectivity index (χ3n) is 3.82. The van der Waals surface area contributed by atoms with Gasteiger partial charge in [-0.05, 0) is 25.3 Å². The molecule has 0 aromatic carbocycles. The summed E-state index contributed by atoms with van der Waals surface area (Å²) in [7, 11) is 5.57. The quantitative estimate of drug-likeness (QED) is 0.670. The van der Waals surface area contributed by atoms with Crippen molar-refractivity contribution in [2.24, 2.45) is 5.41 Å². The lowest BCUT2D eigenvalue weighted by atomic mass is 9.85. The number of aromatic nitrogens is 4. The number of pyridine rings is 1. The second-order valence-corrected chi connectivity index (χ2v) is 7.92. The normalized spacial score (nSPS) is 14.4. The SMILES string of the molecule is [B]C(C)(F)c1ncc2cnc(-c3cnc(OCC(C)(C)C)c(C)c3)cn12. The van der Waals surface area contributed by atoms with Gasteiger partial charge in [-0.1, -0.05) is 20.8 Å². The molecule has 3 rings (SSSR count). The summed E-state index contributed by atoms with van der Waals surface area (Å²) >= 11 is 0. The van der Waals surface area contributed by atoms with Crippen LogP contribution < -0.4 is 4.74 Å². The maximum Gasteiger partial charge on any atom is 0.216 e. The molecule has 0 saturated carbocycles. The van der Waals surface area contributed by atoms with Crippen molar-refractivity contribution in [1.29, 1.82) is 0 Å². The molecule has 3 aromatic rings. The first-order valence-electron chi connectivity index (χ1n) is 8.46. The Balaban J connectivity index is 1.95. The molecule has 26 heavy (non-hydrogen) atoms. The number of fused-ring (bicyclic) bond motifs is 1. The number of rotatable bonds is 4. The fourth-order valence-corrected chi connectivity index (χ4v) is 2.55. The second kappa shape index (κ2) is 6.38. The van der Waals surface area contributed by atoms with Crippen LogP contribution in [0, 0.1) is 12.3 Å². The zero-order valence-corrected chi connectivity index (χ0v) is 15.7. The van der Waals surface area contributed by atoms with E-state index in [4.69, 9.17) is 12.6 Å². The van der Waals surface area contributed by atoms with Gasteiger partial charge in [-0.3, -0.25) is 9.38 Å². The molecule has 0 fully saturated rings. The lowest BCUT2D eigenvalue weighted by Gasteiger charge is -2.19. The molecule has 3 aromatic heterocycles. The summed E-state index contributed by atoms with van der Waals surface area (Å²) in [5.41, 5.74) is 1.06. The molecule has 134 valence electrons. The summed E-state index contributed by atoms with van der Waals surface area (Å²) in [5.74, 6) is 0.734. The van der Waals surface area contributed by atoms with Gasteiger partial charge < -0.3 is 4.74 Å². The van der Waals surface area contributed by atoms with Gasteiger partial charge in [0.2, 0.25) is 5.88 Å². The van der Waals surface area contributed by atoms with Crippen molar-refractivity contribution < 1.29 is 9.13 Å².